The lowest BCUT2D eigenvalue weighted by Crippen LogP contribution is -2.44. The molecule has 12 heteroatoms. The number of piperazine rings is 2. The molecule has 0 saturated carbocycles. The smallest absolute Gasteiger partial charge is 0.348 e. The minimum Gasteiger partial charge on any atom is -0.465 e. The van der Waals surface area contributed by atoms with Gasteiger partial charge in [-0.05, 0) is 56.6 Å². The molecule has 0 spiro atoms. The van der Waals surface area contributed by atoms with Gasteiger partial charge >= 0.3 is 5.97 Å². The average molecular weight is 602 g/mol. The predicted molar refractivity (Wildman–Crippen MR) is 169 cm³/mol. The van der Waals surface area contributed by atoms with E-state index in [2.05, 4.69) is 44.1 Å². The van der Waals surface area contributed by atoms with Crippen molar-refractivity contribution in [1.29, 1.82) is 0 Å². The van der Waals surface area contributed by atoms with Crippen molar-refractivity contribution in [2.24, 2.45) is 0 Å². The minimum absolute atomic E-state index is 0.216. The number of nitrogens with zero attached hydrogens (tertiary/aromatic N) is 6. The zero-order chi connectivity index (χ0) is 30.1. The van der Waals surface area contributed by atoms with E-state index in [9.17, 15) is 14.4 Å². The maximum absolute atomic E-state index is 13.8. The summed E-state index contributed by atoms with van der Waals surface area (Å²) in [5.41, 5.74) is 3.33. The zero-order valence-corrected chi connectivity index (χ0v) is 25.4. The van der Waals surface area contributed by atoms with E-state index in [0.717, 1.165) is 75.1 Å². The van der Waals surface area contributed by atoms with E-state index in [1.54, 1.807) is 18.2 Å². The molecule has 1 N–H and O–H groups in total. The Labute approximate surface area is 254 Å². The molecule has 2 aliphatic heterocycles. The van der Waals surface area contributed by atoms with Gasteiger partial charge in [-0.1, -0.05) is 12.1 Å². The van der Waals surface area contributed by atoms with Crippen LogP contribution >= 0.6 is 11.3 Å². The molecule has 2 aromatic carbocycles. The van der Waals surface area contributed by atoms with Gasteiger partial charge in [-0.15, -0.1) is 16.4 Å². The molecule has 0 radical (unpaired) electrons. The molecular weight excluding hydrogens is 566 g/mol. The standard InChI is InChI=1S/C31H35N7O4S/c1-34-10-14-36(15-11-34)23-8-4-6-21(18-23)29(39)32-28-27-25(20-26(43-27)31(41)42-3)38(33-28)30(40)22-7-5-9-24(19-22)37-16-12-35(2)13-17-37/h4-9,18-20H,10-17H2,1-3H3,(H,32,33,39). The number of carbonyl (C=O) groups is 3. The second-order valence-electron chi connectivity index (χ2n) is 11.0. The summed E-state index contributed by atoms with van der Waals surface area (Å²) in [6.07, 6.45) is 0. The van der Waals surface area contributed by atoms with Gasteiger partial charge in [0.05, 0.1) is 17.3 Å². The van der Waals surface area contributed by atoms with Crippen molar-refractivity contribution in [2.75, 3.05) is 88.7 Å². The molecule has 6 rings (SSSR count). The summed E-state index contributed by atoms with van der Waals surface area (Å²) >= 11 is 1.13. The SMILES string of the molecule is COC(=O)c1cc2c(s1)c(NC(=O)c1cccc(N3CCN(C)CC3)c1)nn2C(=O)c1cccc(N2CCN(C)CC2)c1. The molecular formula is C31H35N7O4S. The molecule has 43 heavy (non-hydrogen) atoms. The number of methoxy groups -OCH3 is 1. The van der Waals surface area contributed by atoms with E-state index in [1.807, 2.05) is 36.4 Å². The zero-order valence-electron chi connectivity index (χ0n) is 24.6. The van der Waals surface area contributed by atoms with Crippen LogP contribution in [0.25, 0.3) is 10.2 Å². The van der Waals surface area contributed by atoms with Crippen LogP contribution in [0.2, 0.25) is 0 Å². The van der Waals surface area contributed by atoms with Crippen molar-refractivity contribution in [2.45, 2.75) is 0 Å². The van der Waals surface area contributed by atoms with Crippen molar-refractivity contribution < 1.29 is 19.1 Å². The lowest BCUT2D eigenvalue weighted by molar-refractivity contribution is 0.0606. The van der Waals surface area contributed by atoms with Gasteiger partial charge in [0, 0.05) is 74.9 Å². The Morgan fingerprint density at radius 1 is 0.791 bits per heavy atom. The first-order chi connectivity index (χ1) is 20.8. The van der Waals surface area contributed by atoms with Crippen LogP contribution in [0.15, 0.2) is 54.6 Å². The van der Waals surface area contributed by atoms with Gasteiger partial charge in [-0.3, -0.25) is 9.59 Å². The molecule has 2 aromatic heterocycles. The van der Waals surface area contributed by atoms with E-state index in [1.165, 1.54) is 11.8 Å². The van der Waals surface area contributed by atoms with Gasteiger partial charge < -0.3 is 29.7 Å². The van der Waals surface area contributed by atoms with Gasteiger partial charge in [0.1, 0.15) is 4.88 Å². The number of aromatic nitrogens is 2. The summed E-state index contributed by atoms with van der Waals surface area (Å²) in [7, 11) is 5.51. The summed E-state index contributed by atoms with van der Waals surface area (Å²) in [5.74, 6) is -1.00. The first-order valence-electron chi connectivity index (χ1n) is 14.3. The molecule has 0 bridgehead atoms. The first kappa shape index (κ1) is 28.8. The number of benzene rings is 2. The fraction of sp³-hybridized carbons (Fsp3) is 0.355. The third-order valence-corrected chi connectivity index (χ3v) is 9.22. The van der Waals surface area contributed by atoms with Gasteiger partial charge in [0.25, 0.3) is 11.8 Å². The van der Waals surface area contributed by atoms with Crippen LogP contribution < -0.4 is 15.1 Å². The molecule has 2 aliphatic rings. The predicted octanol–water partition coefficient (Wildman–Crippen LogP) is 3.33. The Morgan fingerprint density at radius 3 is 1.93 bits per heavy atom. The molecule has 4 heterocycles. The molecule has 0 unspecified atom stereocenters. The second kappa shape index (κ2) is 12.2. The van der Waals surface area contributed by atoms with Crippen molar-refractivity contribution in [1.82, 2.24) is 19.6 Å². The van der Waals surface area contributed by atoms with Gasteiger partial charge in [-0.2, -0.15) is 4.68 Å². The lowest BCUT2D eigenvalue weighted by Gasteiger charge is -2.34. The summed E-state index contributed by atoms with van der Waals surface area (Å²) in [5, 5.41) is 7.45. The third-order valence-electron chi connectivity index (χ3n) is 8.10. The maximum atomic E-state index is 13.8. The number of anilines is 3. The Hall–Kier alpha value is -4.26. The van der Waals surface area contributed by atoms with E-state index in [0.29, 0.717) is 26.2 Å². The Balaban J connectivity index is 1.30. The number of carbonyl (C=O) groups excluding carboxylic acids is 3. The summed E-state index contributed by atoms with van der Waals surface area (Å²) in [6, 6.07) is 16.6. The van der Waals surface area contributed by atoms with Crippen molar-refractivity contribution in [3.8, 4) is 0 Å². The van der Waals surface area contributed by atoms with Crippen LogP contribution in [-0.4, -0.2) is 111 Å². The molecule has 1 amide bonds. The second-order valence-corrected chi connectivity index (χ2v) is 12.1. The summed E-state index contributed by atoms with van der Waals surface area (Å²) < 4.78 is 6.71. The van der Waals surface area contributed by atoms with Crippen molar-refractivity contribution >= 4 is 56.5 Å². The number of amides is 1. The van der Waals surface area contributed by atoms with Gasteiger partial charge in [0.2, 0.25) is 0 Å². The highest BCUT2D eigenvalue weighted by Gasteiger charge is 2.25. The lowest BCUT2D eigenvalue weighted by atomic mass is 10.1. The molecule has 4 aromatic rings. The van der Waals surface area contributed by atoms with Crippen LogP contribution in [0, 0.1) is 0 Å². The Kier molecular flexibility index (Phi) is 8.15. The van der Waals surface area contributed by atoms with Crippen molar-refractivity contribution in [3.05, 3.63) is 70.6 Å². The molecule has 11 nitrogen and oxygen atoms in total. The largest absolute Gasteiger partial charge is 0.465 e. The average Bonchev–Trinajstić information content (AvgIpc) is 3.61. The molecule has 2 saturated heterocycles. The number of ether oxygens (including phenoxy) is 1. The molecule has 0 aliphatic carbocycles. The number of thiophene rings is 1. The Bertz CT molecular complexity index is 1670. The van der Waals surface area contributed by atoms with E-state index in [4.69, 9.17) is 4.74 Å². The van der Waals surface area contributed by atoms with Crippen LogP contribution in [0.3, 0.4) is 0 Å². The maximum Gasteiger partial charge on any atom is 0.348 e. The van der Waals surface area contributed by atoms with Crippen molar-refractivity contribution in [3.63, 3.8) is 0 Å². The Morgan fingerprint density at radius 2 is 1.35 bits per heavy atom. The number of nitrogens with one attached hydrogen (secondary N) is 1. The number of fused-ring (bicyclic) bond motifs is 1. The highest BCUT2D eigenvalue weighted by Crippen LogP contribution is 2.34. The number of esters is 1. The molecule has 2 fully saturated rings. The highest BCUT2D eigenvalue weighted by atomic mass is 32.1. The summed E-state index contributed by atoms with van der Waals surface area (Å²) in [4.78, 5) is 49.1. The van der Waals surface area contributed by atoms with Crippen LogP contribution in [0.5, 0.6) is 0 Å². The van der Waals surface area contributed by atoms with Gasteiger partial charge in [-0.25, -0.2) is 4.79 Å². The fourth-order valence-corrected chi connectivity index (χ4v) is 6.45. The van der Waals surface area contributed by atoms with E-state index < -0.39 is 5.97 Å². The minimum atomic E-state index is -0.519. The van der Waals surface area contributed by atoms with Crippen LogP contribution in [-0.2, 0) is 4.74 Å². The first-order valence-corrected chi connectivity index (χ1v) is 15.2. The topological polar surface area (TPSA) is 103 Å². The third kappa shape index (κ3) is 5.99. The van der Waals surface area contributed by atoms with Gasteiger partial charge in [0.15, 0.2) is 5.82 Å². The van der Waals surface area contributed by atoms with E-state index >= 15 is 0 Å². The highest BCUT2D eigenvalue weighted by molar-refractivity contribution is 7.21. The quantitative estimate of drug-likeness (QED) is 0.334. The molecule has 224 valence electrons. The number of hydrogen-bond donors (Lipinski definition) is 1. The molecule has 0 atom stereocenters. The number of hydrogen-bond acceptors (Lipinski definition) is 10. The number of likely N-dealkylation sites (N-methyl/N-ethyl adjacent to an activating group) is 2. The monoisotopic (exact) mass is 601 g/mol. The fourth-order valence-electron chi connectivity index (χ4n) is 5.46. The van der Waals surface area contributed by atoms with E-state index in [-0.39, 0.29) is 17.6 Å². The number of rotatable bonds is 6. The summed E-state index contributed by atoms with van der Waals surface area (Å²) in [6.45, 7) is 7.33. The van der Waals surface area contributed by atoms with Crippen LogP contribution in [0.4, 0.5) is 17.2 Å². The van der Waals surface area contributed by atoms with Crippen LogP contribution in [0.1, 0.15) is 30.4 Å². The normalized spacial score (nSPS) is 16.4.